The Bertz CT molecular complexity index is 1030. The molecule has 0 radical (unpaired) electrons. The van der Waals surface area contributed by atoms with Gasteiger partial charge in [-0.2, -0.15) is 0 Å². The molecule has 140 valence electrons. The molecule has 1 atom stereocenters. The fourth-order valence-electron chi connectivity index (χ4n) is 3.57. The number of anilines is 1. The van der Waals surface area contributed by atoms with Gasteiger partial charge in [0.15, 0.2) is 0 Å². The molecule has 4 rings (SSSR count). The second-order valence-electron chi connectivity index (χ2n) is 6.89. The number of carbonyl (C=O) groups excluding carboxylic acids is 2. The highest BCUT2D eigenvalue weighted by Crippen LogP contribution is 2.37. The van der Waals surface area contributed by atoms with Crippen LogP contribution < -0.4 is 5.32 Å². The number of nitrogens with one attached hydrogen (secondary N) is 1. The van der Waals surface area contributed by atoms with E-state index >= 15 is 0 Å². The van der Waals surface area contributed by atoms with Crippen molar-refractivity contribution in [1.82, 2.24) is 4.90 Å². The number of rotatable bonds is 2. The number of benzene rings is 3. The maximum absolute atomic E-state index is 13.4. The number of hydrogen-bond acceptors (Lipinski definition) is 2. The molecule has 4 nitrogen and oxygen atoms in total. The van der Waals surface area contributed by atoms with Crippen molar-refractivity contribution < 1.29 is 9.59 Å². The molecule has 1 aliphatic heterocycles. The first-order chi connectivity index (χ1) is 13.5. The molecule has 0 unspecified atom stereocenters. The molecule has 0 aliphatic carbocycles. The van der Waals surface area contributed by atoms with Crippen LogP contribution in [0.3, 0.4) is 0 Å². The van der Waals surface area contributed by atoms with Crippen molar-refractivity contribution in [1.29, 1.82) is 0 Å². The first kappa shape index (κ1) is 18.4. The summed E-state index contributed by atoms with van der Waals surface area (Å²) < 4.78 is 0.901. The average Bonchev–Trinajstić information content (AvgIpc) is 2.84. The fourth-order valence-corrected chi connectivity index (χ4v) is 3.83. The van der Waals surface area contributed by atoms with E-state index in [1.165, 1.54) is 0 Å². The Morgan fingerprint density at radius 2 is 1.75 bits per heavy atom. The summed E-state index contributed by atoms with van der Waals surface area (Å²) >= 11 is 3.40. The van der Waals surface area contributed by atoms with Gasteiger partial charge in [0.2, 0.25) is 5.91 Å². The fraction of sp³-hybridized carbons (Fsp3) is 0.130. The summed E-state index contributed by atoms with van der Waals surface area (Å²) in [5.41, 5.74) is 4.26. The Labute approximate surface area is 172 Å². The Morgan fingerprint density at radius 1 is 1.04 bits per heavy atom. The quantitative estimate of drug-likeness (QED) is 0.620. The second-order valence-corrected chi connectivity index (χ2v) is 7.81. The van der Waals surface area contributed by atoms with Gasteiger partial charge in [-0.05, 0) is 42.8 Å². The van der Waals surface area contributed by atoms with Gasteiger partial charge in [-0.15, -0.1) is 0 Å². The summed E-state index contributed by atoms with van der Waals surface area (Å²) in [6.45, 7) is 2.00. The second kappa shape index (κ2) is 7.60. The van der Waals surface area contributed by atoms with Gasteiger partial charge in [0.1, 0.15) is 6.54 Å². The minimum atomic E-state index is -0.355. The van der Waals surface area contributed by atoms with E-state index in [9.17, 15) is 9.59 Å². The van der Waals surface area contributed by atoms with E-state index in [0.29, 0.717) is 5.56 Å². The molecule has 0 saturated heterocycles. The van der Waals surface area contributed by atoms with Crippen LogP contribution in [0.4, 0.5) is 5.69 Å². The highest BCUT2D eigenvalue weighted by atomic mass is 79.9. The molecular formula is C23H19BrN2O2. The first-order valence-electron chi connectivity index (χ1n) is 9.05. The van der Waals surface area contributed by atoms with Crippen LogP contribution in [0.2, 0.25) is 0 Å². The zero-order chi connectivity index (χ0) is 19.7. The van der Waals surface area contributed by atoms with E-state index in [4.69, 9.17) is 0 Å². The summed E-state index contributed by atoms with van der Waals surface area (Å²) in [4.78, 5) is 27.7. The Balaban J connectivity index is 1.88. The molecule has 0 bridgehead atoms. The number of amides is 2. The minimum Gasteiger partial charge on any atom is -0.324 e. The van der Waals surface area contributed by atoms with E-state index < -0.39 is 0 Å². The summed E-state index contributed by atoms with van der Waals surface area (Å²) in [5.74, 6) is -0.375. The summed E-state index contributed by atoms with van der Waals surface area (Å²) in [5, 5.41) is 2.95. The van der Waals surface area contributed by atoms with E-state index in [1.807, 2.05) is 67.6 Å². The first-order valence-corrected chi connectivity index (χ1v) is 9.84. The molecule has 1 aliphatic rings. The van der Waals surface area contributed by atoms with Gasteiger partial charge in [0.25, 0.3) is 5.91 Å². The van der Waals surface area contributed by atoms with Gasteiger partial charge in [-0.1, -0.05) is 64.0 Å². The third-order valence-corrected chi connectivity index (χ3v) is 5.40. The zero-order valence-corrected chi connectivity index (χ0v) is 16.9. The predicted octanol–water partition coefficient (Wildman–Crippen LogP) is 4.94. The number of carbonyl (C=O) groups is 2. The number of hydrogen-bond donors (Lipinski definition) is 1. The molecule has 0 aromatic heterocycles. The predicted molar refractivity (Wildman–Crippen MR) is 113 cm³/mol. The van der Waals surface area contributed by atoms with Crippen LogP contribution in [0.15, 0.2) is 77.3 Å². The van der Waals surface area contributed by atoms with Crippen molar-refractivity contribution in [3.05, 3.63) is 99.5 Å². The molecule has 0 fully saturated rings. The van der Waals surface area contributed by atoms with Crippen LogP contribution in [-0.2, 0) is 4.79 Å². The molecule has 1 heterocycles. The zero-order valence-electron chi connectivity index (χ0n) is 15.4. The smallest absolute Gasteiger partial charge is 0.255 e. The van der Waals surface area contributed by atoms with Crippen LogP contribution in [0.25, 0.3) is 0 Å². The highest BCUT2D eigenvalue weighted by molar-refractivity contribution is 9.10. The van der Waals surface area contributed by atoms with E-state index in [2.05, 4.69) is 21.2 Å². The molecule has 2 amide bonds. The maximum Gasteiger partial charge on any atom is 0.255 e. The molecule has 0 saturated carbocycles. The normalized spacial score (nSPS) is 16.1. The van der Waals surface area contributed by atoms with Crippen molar-refractivity contribution in [2.24, 2.45) is 0 Å². The summed E-state index contributed by atoms with van der Waals surface area (Å²) in [6, 6.07) is 22.6. The van der Waals surface area contributed by atoms with Gasteiger partial charge in [-0.3, -0.25) is 9.59 Å². The van der Waals surface area contributed by atoms with Gasteiger partial charge in [0, 0.05) is 21.3 Å². The molecule has 1 N–H and O–H groups in total. The van der Waals surface area contributed by atoms with Crippen molar-refractivity contribution in [2.75, 3.05) is 11.9 Å². The lowest BCUT2D eigenvalue weighted by atomic mass is 9.94. The van der Waals surface area contributed by atoms with Crippen LogP contribution in [0, 0.1) is 6.92 Å². The molecule has 0 spiro atoms. The van der Waals surface area contributed by atoms with Crippen molar-refractivity contribution in [2.45, 2.75) is 13.0 Å². The minimum absolute atomic E-state index is 0.0117. The average molecular weight is 435 g/mol. The number of nitrogens with zero attached hydrogens (tertiary/aromatic N) is 1. The molecule has 28 heavy (non-hydrogen) atoms. The number of aryl methyl sites for hydroxylation is 1. The Kier molecular flexibility index (Phi) is 5.01. The maximum atomic E-state index is 13.4. The highest BCUT2D eigenvalue weighted by Gasteiger charge is 2.33. The van der Waals surface area contributed by atoms with Crippen molar-refractivity contribution >= 4 is 33.4 Å². The van der Waals surface area contributed by atoms with Crippen molar-refractivity contribution in [3.8, 4) is 0 Å². The van der Waals surface area contributed by atoms with Gasteiger partial charge >= 0.3 is 0 Å². The Hall–Kier alpha value is -2.92. The Morgan fingerprint density at radius 3 is 2.46 bits per heavy atom. The topological polar surface area (TPSA) is 49.4 Å². The monoisotopic (exact) mass is 434 g/mol. The standard InChI is InChI=1S/C23H19BrN2O2/c1-15-7-12-20-19(13-15)22(16-5-3-2-4-6-16)26(14-21(27)25-20)23(28)17-8-10-18(24)11-9-17/h2-13,22H,14H2,1H3,(H,25,27)/t22-/m1/s1. The largest absolute Gasteiger partial charge is 0.324 e. The SMILES string of the molecule is Cc1ccc2c(c1)[C@@H](c1ccccc1)N(C(=O)c1ccc(Br)cc1)CC(=O)N2. The van der Waals surface area contributed by atoms with Gasteiger partial charge < -0.3 is 10.2 Å². The third-order valence-electron chi connectivity index (χ3n) is 4.87. The number of fused-ring (bicyclic) bond motifs is 1. The van der Waals surface area contributed by atoms with Crippen LogP contribution in [0.5, 0.6) is 0 Å². The summed E-state index contributed by atoms with van der Waals surface area (Å²) in [6.07, 6.45) is 0. The van der Waals surface area contributed by atoms with Gasteiger partial charge in [0.05, 0.1) is 6.04 Å². The van der Waals surface area contributed by atoms with Crippen LogP contribution in [0.1, 0.15) is 33.1 Å². The molecule has 3 aromatic carbocycles. The molecule has 3 aromatic rings. The molecular weight excluding hydrogens is 416 g/mol. The number of halogens is 1. The van der Waals surface area contributed by atoms with Crippen molar-refractivity contribution in [3.63, 3.8) is 0 Å². The lowest BCUT2D eigenvalue weighted by Gasteiger charge is -2.31. The molecule has 5 heteroatoms. The van der Waals surface area contributed by atoms with E-state index in [-0.39, 0.29) is 24.4 Å². The third kappa shape index (κ3) is 3.58. The summed E-state index contributed by atoms with van der Waals surface area (Å²) in [7, 11) is 0. The van der Waals surface area contributed by atoms with E-state index in [1.54, 1.807) is 17.0 Å². The lowest BCUT2D eigenvalue weighted by molar-refractivity contribution is -0.117. The van der Waals surface area contributed by atoms with Crippen LogP contribution >= 0.6 is 15.9 Å². The van der Waals surface area contributed by atoms with E-state index in [0.717, 1.165) is 26.9 Å². The lowest BCUT2D eigenvalue weighted by Crippen LogP contribution is -2.39. The van der Waals surface area contributed by atoms with Gasteiger partial charge in [-0.25, -0.2) is 0 Å². The van der Waals surface area contributed by atoms with Crippen LogP contribution in [-0.4, -0.2) is 23.3 Å².